The Kier molecular flexibility index (Phi) is 76.9. The Morgan fingerprint density at radius 2 is 0.328 bits per heavy atom. The summed E-state index contributed by atoms with van der Waals surface area (Å²) in [6.45, 7) is 8.89. The van der Waals surface area contributed by atoms with Crippen molar-refractivity contribution in [3.63, 3.8) is 0 Å². The smallest absolute Gasteiger partial charge is 0.550 e. The van der Waals surface area contributed by atoms with Gasteiger partial charge in [-0.25, -0.2) is 0 Å². The zero-order valence-corrected chi connectivity index (χ0v) is 40.3. The SMILES string of the molecule is CCCCCCCCCCCC(=O)[O-].CCCCCCCCCCCC(=O)[O-].CCCCCCCCCCCC(=O)[O-].CCCCCCCCCCCC(=O)[O-].[Co+2].[Co+2]. The number of aliphatic carboxylic acids is 4. The van der Waals surface area contributed by atoms with Crippen molar-refractivity contribution >= 4 is 23.9 Å². The minimum absolute atomic E-state index is 0. The molecular formula is C48H92Co2O8. The summed E-state index contributed by atoms with van der Waals surface area (Å²) in [7, 11) is 0. The fourth-order valence-electron chi connectivity index (χ4n) is 6.32. The first-order chi connectivity index (χ1) is 27.1. The van der Waals surface area contributed by atoms with Crippen molar-refractivity contribution in [3.8, 4) is 0 Å². The summed E-state index contributed by atoms with van der Waals surface area (Å²) in [6.07, 6.45) is 44.7. The van der Waals surface area contributed by atoms with Gasteiger partial charge < -0.3 is 39.6 Å². The molecule has 0 rings (SSSR count). The van der Waals surface area contributed by atoms with Crippen molar-refractivity contribution < 1.29 is 73.2 Å². The maximum atomic E-state index is 10.1. The van der Waals surface area contributed by atoms with Gasteiger partial charge >= 0.3 is 33.6 Å². The summed E-state index contributed by atoms with van der Waals surface area (Å²) in [4.78, 5) is 40.4. The van der Waals surface area contributed by atoms with Crippen LogP contribution in [0.2, 0.25) is 0 Å². The molecule has 0 aliphatic carbocycles. The maximum Gasteiger partial charge on any atom is 2.00 e. The molecule has 0 heterocycles. The van der Waals surface area contributed by atoms with Gasteiger partial charge in [0.25, 0.3) is 0 Å². The monoisotopic (exact) mass is 915 g/mol. The average Bonchev–Trinajstić information content (AvgIpc) is 3.15. The number of carbonyl (C=O) groups excluding carboxylic acids is 4. The summed E-state index contributed by atoms with van der Waals surface area (Å²) in [5, 5.41) is 40.4. The Bertz CT molecular complexity index is 670. The summed E-state index contributed by atoms with van der Waals surface area (Å²) in [6, 6.07) is 0. The molecule has 0 aromatic carbocycles. The molecule has 0 saturated heterocycles. The van der Waals surface area contributed by atoms with E-state index in [2.05, 4.69) is 27.7 Å². The van der Waals surface area contributed by atoms with Crippen LogP contribution in [0.1, 0.15) is 285 Å². The Labute approximate surface area is 379 Å². The molecule has 10 heteroatoms. The van der Waals surface area contributed by atoms with E-state index < -0.39 is 23.9 Å². The summed E-state index contributed by atoms with van der Waals surface area (Å²) >= 11 is 0. The second-order valence-corrected chi connectivity index (χ2v) is 15.8. The fourth-order valence-corrected chi connectivity index (χ4v) is 6.32. The van der Waals surface area contributed by atoms with E-state index in [0.29, 0.717) is 0 Å². The van der Waals surface area contributed by atoms with E-state index in [4.69, 9.17) is 0 Å². The Hall–Kier alpha value is -1.11. The molecule has 0 N–H and O–H groups in total. The third-order valence-corrected chi connectivity index (χ3v) is 9.94. The van der Waals surface area contributed by atoms with Crippen molar-refractivity contribution in [1.82, 2.24) is 0 Å². The molecule has 0 atom stereocenters. The van der Waals surface area contributed by atoms with Gasteiger partial charge in [-0.1, -0.05) is 233 Å². The third-order valence-electron chi connectivity index (χ3n) is 9.94. The van der Waals surface area contributed by atoms with Crippen LogP contribution >= 0.6 is 0 Å². The maximum absolute atomic E-state index is 10.1. The third kappa shape index (κ3) is 86.7. The second kappa shape index (κ2) is 65.0. The van der Waals surface area contributed by atoms with Crippen molar-refractivity contribution in [2.45, 2.75) is 285 Å². The number of carboxylic acids is 4. The molecule has 0 bridgehead atoms. The number of hydrogen-bond acceptors (Lipinski definition) is 8. The molecule has 0 unspecified atom stereocenters. The molecule has 0 aliphatic rings. The molecule has 0 aromatic rings. The summed E-state index contributed by atoms with van der Waals surface area (Å²) in [5.74, 6) is -3.64. The number of carbonyl (C=O) groups is 4. The van der Waals surface area contributed by atoms with Gasteiger partial charge in [-0.3, -0.25) is 0 Å². The van der Waals surface area contributed by atoms with Gasteiger partial charge in [-0.15, -0.1) is 0 Å². The van der Waals surface area contributed by atoms with Crippen molar-refractivity contribution in [2.75, 3.05) is 0 Å². The predicted octanol–water partition coefficient (Wildman–Crippen LogP) is 10.6. The van der Waals surface area contributed by atoms with E-state index in [1.807, 2.05) is 0 Å². The van der Waals surface area contributed by atoms with Crippen LogP contribution < -0.4 is 20.4 Å². The number of rotatable bonds is 40. The molecular weight excluding hydrogens is 822 g/mol. The normalized spacial score (nSPS) is 10.0. The van der Waals surface area contributed by atoms with Gasteiger partial charge in [-0.05, 0) is 51.4 Å². The number of carboxylic acid groups (broad SMARTS) is 4. The largest absolute Gasteiger partial charge is 2.00 e. The molecule has 58 heavy (non-hydrogen) atoms. The van der Waals surface area contributed by atoms with Gasteiger partial charge in [0.15, 0.2) is 0 Å². The minimum atomic E-state index is -0.909. The number of hydrogen-bond donors (Lipinski definition) is 0. The van der Waals surface area contributed by atoms with Crippen molar-refractivity contribution in [3.05, 3.63) is 0 Å². The molecule has 2 radical (unpaired) electrons. The van der Waals surface area contributed by atoms with E-state index in [1.165, 1.54) is 180 Å². The van der Waals surface area contributed by atoms with Gasteiger partial charge in [0.05, 0.1) is 0 Å². The van der Waals surface area contributed by atoms with Crippen LogP contribution in [0.4, 0.5) is 0 Å². The van der Waals surface area contributed by atoms with Crippen LogP contribution in [0.15, 0.2) is 0 Å². The first-order valence-corrected chi connectivity index (χ1v) is 23.9. The van der Waals surface area contributed by atoms with Crippen LogP contribution in [0.25, 0.3) is 0 Å². The van der Waals surface area contributed by atoms with Crippen LogP contribution in [0.3, 0.4) is 0 Å². The van der Waals surface area contributed by atoms with Crippen LogP contribution in [0.5, 0.6) is 0 Å². The minimum Gasteiger partial charge on any atom is -0.550 e. The summed E-state index contributed by atoms with van der Waals surface area (Å²) < 4.78 is 0. The van der Waals surface area contributed by atoms with E-state index in [1.54, 1.807) is 0 Å². The first kappa shape index (κ1) is 68.6. The van der Waals surface area contributed by atoms with E-state index in [0.717, 1.165) is 51.4 Å². The van der Waals surface area contributed by atoms with Crippen molar-refractivity contribution in [1.29, 1.82) is 0 Å². The second-order valence-electron chi connectivity index (χ2n) is 15.8. The molecule has 8 nitrogen and oxygen atoms in total. The topological polar surface area (TPSA) is 161 Å². The van der Waals surface area contributed by atoms with E-state index in [-0.39, 0.29) is 59.2 Å². The van der Waals surface area contributed by atoms with Crippen molar-refractivity contribution in [2.24, 2.45) is 0 Å². The average molecular weight is 915 g/mol. The number of unbranched alkanes of at least 4 members (excludes halogenated alkanes) is 32. The van der Waals surface area contributed by atoms with Gasteiger partial charge in [0.2, 0.25) is 0 Å². The van der Waals surface area contributed by atoms with Gasteiger partial charge in [-0.2, -0.15) is 0 Å². The van der Waals surface area contributed by atoms with Gasteiger partial charge in [0.1, 0.15) is 0 Å². The van der Waals surface area contributed by atoms with Crippen LogP contribution in [-0.4, -0.2) is 23.9 Å². The Morgan fingerprint density at radius 1 is 0.224 bits per heavy atom. The fraction of sp³-hybridized carbons (Fsp3) is 0.917. The zero-order chi connectivity index (χ0) is 42.6. The molecule has 350 valence electrons. The Balaban J connectivity index is -0.000000154. The molecule has 0 aliphatic heterocycles. The summed E-state index contributed by atoms with van der Waals surface area (Å²) in [5.41, 5.74) is 0. The Morgan fingerprint density at radius 3 is 0.431 bits per heavy atom. The molecule has 0 amide bonds. The van der Waals surface area contributed by atoms with E-state index >= 15 is 0 Å². The van der Waals surface area contributed by atoms with Gasteiger partial charge in [0, 0.05) is 23.9 Å². The van der Waals surface area contributed by atoms with Crippen LogP contribution in [0, 0.1) is 0 Å². The zero-order valence-electron chi connectivity index (χ0n) is 38.2. The predicted molar refractivity (Wildman–Crippen MR) is 227 cm³/mol. The molecule has 0 saturated carbocycles. The molecule has 0 spiro atoms. The molecule has 0 aromatic heterocycles. The van der Waals surface area contributed by atoms with Crippen LogP contribution in [-0.2, 0) is 52.7 Å². The first-order valence-electron chi connectivity index (χ1n) is 23.9. The quantitative estimate of drug-likeness (QED) is 0.0549. The molecule has 0 fully saturated rings. The van der Waals surface area contributed by atoms with E-state index in [9.17, 15) is 39.6 Å². The standard InChI is InChI=1S/4C12H24O2.2Co/c4*1-2-3-4-5-6-7-8-9-10-11-12(13)14;;/h4*2-11H2,1H3,(H,13,14);;/q;;;;2*+2/p-4.